The van der Waals surface area contributed by atoms with Gasteiger partial charge in [-0.15, -0.1) is 0 Å². The summed E-state index contributed by atoms with van der Waals surface area (Å²) in [6.45, 7) is 0. The highest BCUT2D eigenvalue weighted by Crippen LogP contribution is 2.34. The molecule has 0 bridgehead atoms. The van der Waals surface area contributed by atoms with Crippen LogP contribution >= 0.6 is 15.9 Å². The number of halogens is 4. The summed E-state index contributed by atoms with van der Waals surface area (Å²) < 4.78 is 38.6. The standard InChI is InChI=1S/C8H4BrF3N2/c9-6-3-7-13-1-2-14(7)4-5(6)8(10,11)12/h1-4H. The van der Waals surface area contributed by atoms with E-state index >= 15 is 0 Å². The van der Waals surface area contributed by atoms with Gasteiger partial charge in [-0.3, -0.25) is 0 Å². The number of aromatic nitrogens is 2. The monoisotopic (exact) mass is 264 g/mol. The van der Waals surface area contributed by atoms with Crippen LogP contribution in [0, 0.1) is 0 Å². The summed E-state index contributed by atoms with van der Waals surface area (Å²) in [6, 6.07) is 1.34. The molecule has 0 atom stereocenters. The first-order chi connectivity index (χ1) is 6.48. The van der Waals surface area contributed by atoms with Gasteiger partial charge < -0.3 is 4.40 Å². The molecule has 14 heavy (non-hydrogen) atoms. The minimum absolute atomic E-state index is 0.00343. The van der Waals surface area contributed by atoms with E-state index in [9.17, 15) is 13.2 Å². The number of fused-ring (bicyclic) bond motifs is 1. The van der Waals surface area contributed by atoms with Gasteiger partial charge in [-0.2, -0.15) is 13.2 Å². The second kappa shape index (κ2) is 2.98. The van der Waals surface area contributed by atoms with Crippen molar-refractivity contribution in [2.24, 2.45) is 0 Å². The smallest absolute Gasteiger partial charge is 0.306 e. The van der Waals surface area contributed by atoms with Gasteiger partial charge in [0.2, 0.25) is 0 Å². The van der Waals surface area contributed by atoms with Crippen molar-refractivity contribution < 1.29 is 13.2 Å². The summed E-state index contributed by atoms with van der Waals surface area (Å²) in [7, 11) is 0. The van der Waals surface area contributed by atoms with Crippen LogP contribution in [0.15, 0.2) is 29.1 Å². The molecule has 0 N–H and O–H groups in total. The van der Waals surface area contributed by atoms with Gasteiger partial charge in [0.05, 0.1) is 5.56 Å². The van der Waals surface area contributed by atoms with Crippen LogP contribution in [0.1, 0.15) is 5.56 Å². The quantitative estimate of drug-likeness (QED) is 0.715. The predicted molar refractivity (Wildman–Crippen MR) is 47.9 cm³/mol. The van der Waals surface area contributed by atoms with Crippen molar-refractivity contribution in [2.45, 2.75) is 6.18 Å². The maximum absolute atomic E-state index is 12.4. The van der Waals surface area contributed by atoms with E-state index in [1.165, 1.54) is 22.9 Å². The fraction of sp³-hybridized carbons (Fsp3) is 0.125. The molecule has 0 fully saturated rings. The average Bonchev–Trinajstić information content (AvgIpc) is 2.47. The van der Waals surface area contributed by atoms with Gasteiger partial charge in [0, 0.05) is 23.1 Å². The van der Waals surface area contributed by atoms with Crippen LogP contribution in [0.5, 0.6) is 0 Å². The van der Waals surface area contributed by atoms with Crippen LogP contribution in [0.4, 0.5) is 13.2 Å². The molecule has 2 rings (SSSR count). The molecule has 0 aromatic carbocycles. The molecule has 0 aliphatic carbocycles. The van der Waals surface area contributed by atoms with Crippen molar-refractivity contribution in [3.8, 4) is 0 Å². The average molecular weight is 265 g/mol. The van der Waals surface area contributed by atoms with Crippen molar-refractivity contribution in [3.05, 3.63) is 34.7 Å². The number of alkyl halides is 3. The lowest BCUT2D eigenvalue weighted by molar-refractivity contribution is -0.138. The van der Waals surface area contributed by atoms with E-state index < -0.39 is 11.7 Å². The van der Waals surface area contributed by atoms with E-state index in [1.54, 1.807) is 0 Å². The molecule has 0 radical (unpaired) electrons. The van der Waals surface area contributed by atoms with Crippen LogP contribution in [-0.4, -0.2) is 9.38 Å². The van der Waals surface area contributed by atoms with E-state index in [2.05, 4.69) is 20.9 Å². The third-order valence-electron chi connectivity index (χ3n) is 1.79. The molecule has 0 amide bonds. The Morgan fingerprint density at radius 2 is 2.07 bits per heavy atom. The van der Waals surface area contributed by atoms with Gasteiger partial charge in [0.25, 0.3) is 0 Å². The van der Waals surface area contributed by atoms with Crippen LogP contribution in [0.2, 0.25) is 0 Å². The van der Waals surface area contributed by atoms with Crippen LogP contribution in [-0.2, 0) is 6.18 Å². The molecular weight excluding hydrogens is 261 g/mol. The normalized spacial score (nSPS) is 12.3. The van der Waals surface area contributed by atoms with Crippen molar-refractivity contribution >= 4 is 21.6 Å². The van der Waals surface area contributed by atoms with E-state index in [0.29, 0.717) is 5.65 Å². The Kier molecular flexibility index (Phi) is 2.02. The molecule has 2 heterocycles. The Morgan fingerprint density at radius 1 is 1.36 bits per heavy atom. The Morgan fingerprint density at radius 3 is 2.71 bits per heavy atom. The molecule has 2 nitrogen and oxygen atoms in total. The van der Waals surface area contributed by atoms with Crippen molar-refractivity contribution in [1.29, 1.82) is 0 Å². The van der Waals surface area contributed by atoms with Gasteiger partial charge >= 0.3 is 6.18 Å². The molecule has 2 aromatic heterocycles. The second-order valence-electron chi connectivity index (χ2n) is 2.73. The lowest BCUT2D eigenvalue weighted by Gasteiger charge is -2.09. The predicted octanol–water partition coefficient (Wildman–Crippen LogP) is 3.12. The Bertz CT molecular complexity index is 475. The largest absolute Gasteiger partial charge is 0.418 e. The second-order valence-corrected chi connectivity index (χ2v) is 3.58. The number of pyridine rings is 1. The summed E-state index contributed by atoms with van der Waals surface area (Å²) >= 11 is 2.86. The minimum atomic E-state index is -4.35. The molecule has 0 saturated heterocycles. The number of rotatable bonds is 0. The molecule has 0 saturated carbocycles. The first-order valence-corrected chi connectivity index (χ1v) is 4.47. The topological polar surface area (TPSA) is 17.3 Å². The summed E-state index contributed by atoms with van der Waals surface area (Å²) in [5, 5.41) is 0. The van der Waals surface area contributed by atoms with Crippen LogP contribution in [0.3, 0.4) is 0 Å². The van der Waals surface area contributed by atoms with Gasteiger partial charge in [0.15, 0.2) is 0 Å². The first kappa shape index (κ1) is 9.51. The van der Waals surface area contributed by atoms with E-state index in [4.69, 9.17) is 0 Å². The molecule has 0 spiro atoms. The maximum atomic E-state index is 12.4. The molecule has 6 heteroatoms. The van der Waals surface area contributed by atoms with Gasteiger partial charge in [-0.05, 0) is 22.0 Å². The molecule has 0 aliphatic heterocycles. The maximum Gasteiger partial charge on any atom is 0.418 e. The van der Waals surface area contributed by atoms with Crippen LogP contribution in [0.25, 0.3) is 5.65 Å². The van der Waals surface area contributed by atoms with Gasteiger partial charge in [-0.25, -0.2) is 4.98 Å². The van der Waals surface area contributed by atoms with Crippen molar-refractivity contribution in [2.75, 3.05) is 0 Å². The Balaban J connectivity index is 2.71. The number of hydrogen-bond donors (Lipinski definition) is 0. The van der Waals surface area contributed by atoms with E-state index in [1.807, 2.05) is 0 Å². The summed E-state index contributed by atoms with van der Waals surface area (Å²) in [6.07, 6.45) is -0.428. The SMILES string of the molecule is FC(F)(F)c1cn2ccnc2cc1Br. The van der Waals surface area contributed by atoms with E-state index in [0.717, 1.165) is 6.20 Å². The third-order valence-corrected chi connectivity index (χ3v) is 2.44. The van der Waals surface area contributed by atoms with Crippen LogP contribution < -0.4 is 0 Å². The zero-order chi connectivity index (χ0) is 10.3. The number of imidazole rings is 1. The zero-order valence-electron chi connectivity index (χ0n) is 6.72. The Labute approximate surface area is 85.5 Å². The zero-order valence-corrected chi connectivity index (χ0v) is 8.30. The highest BCUT2D eigenvalue weighted by molar-refractivity contribution is 9.10. The Hall–Kier alpha value is -1.04. The molecular formula is C8H4BrF3N2. The number of nitrogens with zero attached hydrogens (tertiary/aromatic N) is 2. The minimum Gasteiger partial charge on any atom is -0.306 e. The molecule has 74 valence electrons. The first-order valence-electron chi connectivity index (χ1n) is 3.68. The molecule has 2 aromatic rings. The van der Waals surface area contributed by atoms with Crippen molar-refractivity contribution in [1.82, 2.24) is 9.38 Å². The van der Waals surface area contributed by atoms with E-state index in [-0.39, 0.29) is 4.47 Å². The lowest BCUT2D eigenvalue weighted by atomic mass is 10.3. The molecule has 0 aliphatic rings. The van der Waals surface area contributed by atoms with Crippen molar-refractivity contribution in [3.63, 3.8) is 0 Å². The summed E-state index contributed by atoms with van der Waals surface area (Å²) in [5.41, 5.74) is -0.229. The summed E-state index contributed by atoms with van der Waals surface area (Å²) in [5.74, 6) is 0. The summed E-state index contributed by atoms with van der Waals surface area (Å²) in [4.78, 5) is 3.87. The van der Waals surface area contributed by atoms with Gasteiger partial charge in [-0.1, -0.05) is 0 Å². The highest BCUT2D eigenvalue weighted by atomic mass is 79.9. The third kappa shape index (κ3) is 1.50. The van der Waals surface area contributed by atoms with Gasteiger partial charge in [0.1, 0.15) is 5.65 Å². The molecule has 0 unspecified atom stereocenters. The highest BCUT2D eigenvalue weighted by Gasteiger charge is 2.33. The fourth-order valence-electron chi connectivity index (χ4n) is 1.15. The fourth-order valence-corrected chi connectivity index (χ4v) is 1.68. The lowest BCUT2D eigenvalue weighted by Crippen LogP contribution is -2.07. The number of hydrogen-bond acceptors (Lipinski definition) is 1.